The number of nitrogens with one attached hydrogen (secondary N) is 1. The second-order valence-electron chi connectivity index (χ2n) is 7.40. The zero-order valence-electron chi connectivity index (χ0n) is 16.1. The van der Waals surface area contributed by atoms with Crippen LogP contribution in [0.4, 0.5) is 11.4 Å². The Morgan fingerprint density at radius 3 is 2.76 bits per heavy atom. The number of aryl methyl sites for hydroxylation is 1. The molecule has 8 heteroatoms. The number of carbonyl (C=O) groups is 1. The smallest absolute Gasteiger partial charge is 0.293 e. The number of benzene rings is 2. The summed E-state index contributed by atoms with van der Waals surface area (Å²) in [5.74, 6) is 0.195. The average molecular weight is 410 g/mol. The van der Waals surface area contributed by atoms with Gasteiger partial charge in [0.25, 0.3) is 5.69 Å². The van der Waals surface area contributed by atoms with E-state index < -0.39 is 4.92 Å². The molecule has 0 atom stereocenters. The number of thiazole rings is 1. The lowest BCUT2D eigenvalue weighted by Gasteiger charge is -2.30. The Morgan fingerprint density at radius 1 is 1.28 bits per heavy atom. The molecule has 0 bridgehead atoms. The van der Waals surface area contributed by atoms with Crippen LogP contribution in [0, 0.1) is 17.0 Å². The molecule has 3 aromatic rings. The maximum Gasteiger partial charge on any atom is 0.293 e. The minimum atomic E-state index is -0.466. The molecule has 1 aliphatic rings. The monoisotopic (exact) mass is 410 g/mol. The molecule has 29 heavy (non-hydrogen) atoms. The van der Waals surface area contributed by atoms with Gasteiger partial charge in [-0.15, -0.1) is 11.3 Å². The van der Waals surface area contributed by atoms with Crippen molar-refractivity contribution in [2.24, 2.45) is 0 Å². The number of amides is 1. The van der Waals surface area contributed by atoms with Gasteiger partial charge in [0.05, 0.1) is 26.7 Å². The van der Waals surface area contributed by atoms with Crippen molar-refractivity contribution in [2.45, 2.75) is 25.7 Å². The number of rotatable bonds is 5. The third-order valence-corrected chi connectivity index (χ3v) is 6.44. The second-order valence-corrected chi connectivity index (χ2v) is 8.46. The van der Waals surface area contributed by atoms with Crippen molar-refractivity contribution in [3.63, 3.8) is 0 Å². The summed E-state index contributed by atoms with van der Waals surface area (Å²) >= 11 is 1.75. The van der Waals surface area contributed by atoms with E-state index in [1.54, 1.807) is 30.4 Å². The molecule has 1 N–H and O–H groups in total. The van der Waals surface area contributed by atoms with Crippen LogP contribution < -0.4 is 5.32 Å². The van der Waals surface area contributed by atoms with Crippen LogP contribution in [0.2, 0.25) is 0 Å². The second kappa shape index (κ2) is 8.26. The van der Waals surface area contributed by atoms with Crippen molar-refractivity contribution >= 4 is 38.8 Å². The third kappa shape index (κ3) is 4.44. The van der Waals surface area contributed by atoms with E-state index in [-0.39, 0.29) is 23.8 Å². The molecule has 2 heterocycles. The van der Waals surface area contributed by atoms with Crippen LogP contribution in [0.15, 0.2) is 42.5 Å². The van der Waals surface area contributed by atoms with Gasteiger partial charge in [-0.1, -0.05) is 18.2 Å². The lowest BCUT2D eigenvalue weighted by Crippen LogP contribution is -2.38. The maximum absolute atomic E-state index is 12.4. The van der Waals surface area contributed by atoms with Gasteiger partial charge in [-0.2, -0.15) is 0 Å². The van der Waals surface area contributed by atoms with Crippen LogP contribution in [-0.4, -0.2) is 40.3 Å². The molecule has 150 valence electrons. The molecule has 1 fully saturated rings. The highest BCUT2D eigenvalue weighted by Crippen LogP contribution is 2.33. The van der Waals surface area contributed by atoms with E-state index in [0.29, 0.717) is 5.92 Å². The van der Waals surface area contributed by atoms with Gasteiger partial charge in [0.1, 0.15) is 5.69 Å². The van der Waals surface area contributed by atoms with Crippen LogP contribution in [-0.2, 0) is 4.79 Å². The Morgan fingerprint density at radius 2 is 2.03 bits per heavy atom. The summed E-state index contributed by atoms with van der Waals surface area (Å²) in [4.78, 5) is 30.0. The zero-order chi connectivity index (χ0) is 20.4. The van der Waals surface area contributed by atoms with Crippen LogP contribution in [0.1, 0.15) is 29.3 Å². The van der Waals surface area contributed by atoms with Crippen molar-refractivity contribution in [1.82, 2.24) is 9.88 Å². The minimum Gasteiger partial charge on any atom is -0.319 e. The van der Waals surface area contributed by atoms with E-state index in [2.05, 4.69) is 16.3 Å². The number of anilines is 1. The number of likely N-dealkylation sites (tertiary alicyclic amines) is 1. The number of para-hydroxylation sites is 1. The van der Waals surface area contributed by atoms with Crippen molar-refractivity contribution in [1.29, 1.82) is 0 Å². The van der Waals surface area contributed by atoms with Gasteiger partial charge in [-0.3, -0.25) is 19.8 Å². The summed E-state index contributed by atoms with van der Waals surface area (Å²) in [5, 5.41) is 15.1. The molecule has 0 radical (unpaired) electrons. The van der Waals surface area contributed by atoms with Gasteiger partial charge in [0.2, 0.25) is 5.91 Å². The number of nitro benzene ring substituents is 1. The number of hydrogen-bond donors (Lipinski definition) is 1. The summed E-state index contributed by atoms with van der Waals surface area (Å²) in [6.07, 6.45) is 1.91. The van der Waals surface area contributed by atoms with Crippen LogP contribution >= 0.6 is 11.3 Å². The SMILES string of the molecule is Cc1ccc(NC(=O)CN2CCC(c3nc4ccccc4s3)CC2)c([N+](=O)[O-])c1. The van der Waals surface area contributed by atoms with Gasteiger partial charge in [0, 0.05) is 12.0 Å². The number of nitrogens with zero attached hydrogens (tertiary/aromatic N) is 3. The van der Waals surface area contributed by atoms with E-state index >= 15 is 0 Å². The fourth-order valence-electron chi connectivity index (χ4n) is 3.69. The summed E-state index contributed by atoms with van der Waals surface area (Å²) in [5.41, 5.74) is 2.00. The van der Waals surface area contributed by atoms with Gasteiger partial charge in [0.15, 0.2) is 0 Å². The highest BCUT2D eigenvalue weighted by molar-refractivity contribution is 7.18. The first-order valence-electron chi connectivity index (χ1n) is 9.62. The number of hydrogen-bond acceptors (Lipinski definition) is 6. The first-order valence-corrected chi connectivity index (χ1v) is 10.4. The molecule has 0 aliphatic carbocycles. The van der Waals surface area contributed by atoms with Crippen LogP contribution in [0.5, 0.6) is 0 Å². The Hall–Kier alpha value is -2.84. The molecule has 1 saturated heterocycles. The van der Waals surface area contributed by atoms with Gasteiger partial charge in [-0.25, -0.2) is 4.98 Å². The van der Waals surface area contributed by atoms with Crippen LogP contribution in [0.25, 0.3) is 10.2 Å². The minimum absolute atomic E-state index is 0.0760. The highest BCUT2D eigenvalue weighted by atomic mass is 32.1. The van der Waals surface area contributed by atoms with Crippen molar-refractivity contribution in [2.75, 3.05) is 25.0 Å². The third-order valence-electron chi connectivity index (χ3n) is 5.24. The number of carbonyl (C=O) groups excluding carboxylic acids is 1. The largest absolute Gasteiger partial charge is 0.319 e. The normalized spacial score (nSPS) is 15.5. The molecule has 2 aromatic carbocycles. The number of aromatic nitrogens is 1. The molecule has 1 aromatic heterocycles. The molecule has 0 saturated carbocycles. The van der Waals surface area contributed by atoms with Crippen molar-refractivity contribution in [3.8, 4) is 0 Å². The molecule has 4 rings (SSSR count). The standard InChI is InChI=1S/C21H22N4O3S/c1-14-6-7-16(18(12-14)25(27)28)22-20(26)13-24-10-8-15(9-11-24)21-23-17-4-2-3-5-19(17)29-21/h2-7,12,15H,8-11,13H2,1H3,(H,22,26). The summed E-state index contributed by atoms with van der Waals surface area (Å²) in [7, 11) is 0. The van der Waals surface area contributed by atoms with Crippen LogP contribution in [0.3, 0.4) is 0 Å². The average Bonchev–Trinajstić information content (AvgIpc) is 3.14. The molecule has 1 aliphatic heterocycles. The fourth-order valence-corrected chi connectivity index (χ4v) is 4.83. The topological polar surface area (TPSA) is 88.4 Å². The Bertz CT molecular complexity index is 1020. The summed E-state index contributed by atoms with van der Waals surface area (Å²) in [6.45, 7) is 3.64. The number of nitro groups is 1. The Labute approximate surface area is 172 Å². The van der Waals surface area contributed by atoms with E-state index in [1.807, 2.05) is 18.2 Å². The molecule has 0 spiro atoms. The summed E-state index contributed by atoms with van der Waals surface area (Å²) in [6, 6.07) is 13.0. The predicted octanol–water partition coefficient (Wildman–Crippen LogP) is 4.33. The highest BCUT2D eigenvalue weighted by Gasteiger charge is 2.25. The Kier molecular flexibility index (Phi) is 5.55. The quantitative estimate of drug-likeness (QED) is 0.500. The molecular formula is C21H22N4O3S. The van der Waals surface area contributed by atoms with Crippen molar-refractivity contribution < 1.29 is 9.72 Å². The van der Waals surface area contributed by atoms with E-state index in [4.69, 9.17) is 4.98 Å². The fraction of sp³-hybridized carbons (Fsp3) is 0.333. The lowest BCUT2D eigenvalue weighted by atomic mass is 9.97. The van der Waals surface area contributed by atoms with Gasteiger partial charge >= 0.3 is 0 Å². The first kappa shape index (κ1) is 19.5. The molecule has 7 nitrogen and oxygen atoms in total. The predicted molar refractivity (Wildman–Crippen MR) is 114 cm³/mol. The molecule has 1 amide bonds. The number of piperidine rings is 1. The first-order chi connectivity index (χ1) is 14.0. The maximum atomic E-state index is 12.4. The molecular weight excluding hydrogens is 388 g/mol. The number of fused-ring (bicyclic) bond motifs is 1. The van der Waals surface area contributed by atoms with Gasteiger partial charge < -0.3 is 5.32 Å². The lowest BCUT2D eigenvalue weighted by molar-refractivity contribution is -0.384. The van der Waals surface area contributed by atoms with E-state index in [9.17, 15) is 14.9 Å². The Balaban J connectivity index is 1.34. The van der Waals surface area contributed by atoms with Crippen molar-refractivity contribution in [3.05, 3.63) is 63.1 Å². The van der Waals surface area contributed by atoms with E-state index in [1.165, 1.54) is 15.8 Å². The van der Waals surface area contributed by atoms with Gasteiger partial charge in [-0.05, 0) is 56.6 Å². The van der Waals surface area contributed by atoms with E-state index in [0.717, 1.165) is 37.0 Å². The zero-order valence-corrected chi connectivity index (χ0v) is 16.9. The summed E-state index contributed by atoms with van der Waals surface area (Å²) < 4.78 is 1.21. The molecule has 0 unspecified atom stereocenters.